The summed E-state index contributed by atoms with van der Waals surface area (Å²) in [7, 11) is 0. The number of hydrogen-bond acceptors (Lipinski definition) is 2. The zero-order chi connectivity index (χ0) is 10.7. The number of fused-ring (bicyclic) bond motifs is 1. The molecule has 1 aliphatic heterocycles. The molecule has 0 unspecified atom stereocenters. The normalized spacial score (nSPS) is 14.3. The van der Waals surface area contributed by atoms with Crippen molar-refractivity contribution in [1.29, 1.82) is 0 Å². The van der Waals surface area contributed by atoms with Crippen molar-refractivity contribution in [3.8, 4) is 5.75 Å². The molecule has 0 saturated heterocycles. The van der Waals surface area contributed by atoms with Crippen LogP contribution in [-0.2, 0) is 11.2 Å². The Labute approximate surface area is 87.3 Å². The minimum atomic E-state index is -1.06. The van der Waals surface area contributed by atoms with Crippen LogP contribution < -0.4 is 4.74 Å². The first-order valence-corrected chi connectivity index (χ1v) is 4.63. The van der Waals surface area contributed by atoms with Crippen molar-refractivity contribution < 1.29 is 14.6 Å². The number of benzene rings is 1. The summed E-state index contributed by atoms with van der Waals surface area (Å²) < 4.78 is 5.31. The van der Waals surface area contributed by atoms with E-state index in [1.165, 1.54) is 6.08 Å². The van der Waals surface area contributed by atoms with Crippen molar-refractivity contribution in [2.75, 3.05) is 0 Å². The number of carbonyl (C=O) groups is 1. The highest BCUT2D eigenvalue weighted by molar-refractivity contribution is 5.85. The fourth-order valence-corrected chi connectivity index (χ4v) is 1.39. The van der Waals surface area contributed by atoms with Gasteiger partial charge in [-0.2, -0.15) is 0 Å². The lowest BCUT2D eigenvalue weighted by atomic mass is 10.1. The minimum absolute atomic E-state index is 0.0570. The largest absolute Gasteiger partial charge is 0.475 e. The van der Waals surface area contributed by atoms with Crippen LogP contribution in [0, 0.1) is 0 Å². The zero-order valence-electron chi connectivity index (χ0n) is 8.01. The van der Waals surface area contributed by atoms with E-state index in [0.29, 0.717) is 5.75 Å². The van der Waals surface area contributed by atoms with Gasteiger partial charge in [-0.25, -0.2) is 4.79 Å². The molecule has 2 rings (SSSR count). The lowest BCUT2D eigenvalue weighted by molar-refractivity contribution is -0.135. The molecule has 0 saturated carbocycles. The van der Waals surface area contributed by atoms with Gasteiger partial charge in [0.15, 0.2) is 0 Å². The van der Waals surface area contributed by atoms with Crippen molar-refractivity contribution >= 4 is 5.97 Å². The van der Waals surface area contributed by atoms with Crippen LogP contribution in [-0.4, -0.2) is 11.1 Å². The van der Waals surface area contributed by atoms with E-state index in [2.05, 4.69) is 0 Å². The Morgan fingerprint density at radius 3 is 2.93 bits per heavy atom. The Hall–Kier alpha value is -2.03. The number of ether oxygens (including phenoxy) is 1. The molecule has 0 aromatic heterocycles. The molecule has 3 nitrogen and oxygen atoms in total. The fourth-order valence-electron chi connectivity index (χ4n) is 1.39. The van der Waals surface area contributed by atoms with Crippen LogP contribution in [0.1, 0.15) is 5.56 Å². The molecule has 76 valence electrons. The summed E-state index contributed by atoms with van der Waals surface area (Å²) in [5.74, 6) is -0.509. The fraction of sp³-hybridized carbons (Fsp3) is 0.0833. The summed E-state index contributed by atoms with van der Waals surface area (Å²) in [5.41, 5.74) is 0.987. The van der Waals surface area contributed by atoms with Crippen molar-refractivity contribution in [3.63, 3.8) is 0 Å². The predicted molar refractivity (Wildman–Crippen MR) is 55.6 cm³/mol. The van der Waals surface area contributed by atoms with Crippen molar-refractivity contribution in [2.45, 2.75) is 6.42 Å². The molecule has 0 atom stereocenters. The monoisotopic (exact) mass is 202 g/mol. The van der Waals surface area contributed by atoms with Crippen LogP contribution in [0.2, 0.25) is 0 Å². The Morgan fingerprint density at radius 2 is 2.13 bits per heavy atom. The van der Waals surface area contributed by atoms with E-state index in [1.807, 2.05) is 24.3 Å². The van der Waals surface area contributed by atoms with Gasteiger partial charge < -0.3 is 9.84 Å². The molecule has 1 aromatic rings. The van der Waals surface area contributed by atoms with Gasteiger partial charge in [-0.15, -0.1) is 0 Å². The second-order valence-corrected chi connectivity index (χ2v) is 3.18. The first kappa shape index (κ1) is 9.52. The standard InChI is InChI=1S/C12H10O3/c13-12(14)11-8-4-2-6-9-5-1-3-7-10(9)15-11/h1-5,7-8H,6H2,(H,13,14). The molecule has 3 heteroatoms. The third kappa shape index (κ3) is 2.07. The van der Waals surface area contributed by atoms with Gasteiger partial charge in [0.2, 0.25) is 5.76 Å². The first-order chi connectivity index (χ1) is 7.27. The molecule has 1 aromatic carbocycles. The molecule has 1 N–H and O–H groups in total. The molecule has 0 amide bonds. The van der Waals surface area contributed by atoms with Crippen LogP contribution in [0.25, 0.3) is 0 Å². The quantitative estimate of drug-likeness (QED) is 0.758. The van der Waals surface area contributed by atoms with Crippen LogP contribution in [0.15, 0.2) is 48.3 Å². The van der Waals surface area contributed by atoms with Crippen molar-refractivity contribution in [3.05, 3.63) is 53.8 Å². The maximum Gasteiger partial charge on any atom is 0.371 e. The highest BCUT2D eigenvalue weighted by Crippen LogP contribution is 2.22. The second kappa shape index (κ2) is 4.00. The second-order valence-electron chi connectivity index (χ2n) is 3.18. The summed E-state index contributed by atoms with van der Waals surface area (Å²) >= 11 is 0. The Kier molecular flexibility index (Phi) is 2.54. The summed E-state index contributed by atoms with van der Waals surface area (Å²) in [6, 6.07) is 7.42. The van der Waals surface area contributed by atoms with Gasteiger partial charge in [-0.1, -0.05) is 30.4 Å². The van der Waals surface area contributed by atoms with Gasteiger partial charge in [0.1, 0.15) is 5.75 Å². The molecule has 0 aliphatic carbocycles. The average Bonchev–Trinajstić information content (AvgIpc) is 2.18. The SMILES string of the molecule is O=C(O)C1=CC=CCc2ccccc2O1. The number of carboxylic acids is 1. The van der Waals surface area contributed by atoms with Crippen LogP contribution in [0.5, 0.6) is 5.75 Å². The highest BCUT2D eigenvalue weighted by Gasteiger charge is 2.12. The van der Waals surface area contributed by atoms with E-state index in [4.69, 9.17) is 9.84 Å². The molecule has 0 spiro atoms. The predicted octanol–water partition coefficient (Wildman–Crippen LogP) is 2.15. The lowest BCUT2D eigenvalue weighted by Crippen LogP contribution is -2.09. The van der Waals surface area contributed by atoms with Gasteiger partial charge in [0.25, 0.3) is 0 Å². The zero-order valence-corrected chi connectivity index (χ0v) is 8.01. The van der Waals surface area contributed by atoms with E-state index < -0.39 is 5.97 Å². The summed E-state index contributed by atoms with van der Waals surface area (Å²) in [6.45, 7) is 0. The first-order valence-electron chi connectivity index (χ1n) is 4.63. The summed E-state index contributed by atoms with van der Waals surface area (Å²) in [6.07, 6.45) is 5.81. The van der Waals surface area contributed by atoms with E-state index >= 15 is 0 Å². The third-order valence-electron chi connectivity index (χ3n) is 2.12. The number of allylic oxidation sites excluding steroid dienone is 3. The summed E-state index contributed by atoms with van der Waals surface area (Å²) in [4.78, 5) is 10.8. The highest BCUT2D eigenvalue weighted by atomic mass is 16.5. The Bertz CT molecular complexity index is 444. The molecule has 1 aliphatic rings. The Balaban J connectivity index is 2.41. The number of rotatable bonds is 1. The van der Waals surface area contributed by atoms with Gasteiger partial charge in [0.05, 0.1) is 0 Å². The molecular weight excluding hydrogens is 192 g/mol. The number of carboxylic acid groups (broad SMARTS) is 1. The average molecular weight is 202 g/mol. The van der Waals surface area contributed by atoms with E-state index in [0.717, 1.165) is 12.0 Å². The van der Waals surface area contributed by atoms with Gasteiger partial charge in [-0.05, 0) is 24.1 Å². The molecule has 0 fully saturated rings. The molecule has 0 bridgehead atoms. The number of para-hydroxylation sites is 1. The number of hydrogen-bond donors (Lipinski definition) is 1. The van der Waals surface area contributed by atoms with E-state index in [9.17, 15) is 4.79 Å². The molecule has 15 heavy (non-hydrogen) atoms. The van der Waals surface area contributed by atoms with Gasteiger partial charge >= 0.3 is 5.97 Å². The smallest absolute Gasteiger partial charge is 0.371 e. The van der Waals surface area contributed by atoms with Crippen LogP contribution >= 0.6 is 0 Å². The molecule has 0 radical (unpaired) electrons. The van der Waals surface area contributed by atoms with Gasteiger partial charge in [0, 0.05) is 0 Å². The van der Waals surface area contributed by atoms with Crippen LogP contribution in [0.4, 0.5) is 0 Å². The lowest BCUT2D eigenvalue weighted by Gasteiger charge is -2.11. The minimum Gasteiger partial charge on any atom is -0.475 e. The van der Waals surface area contributed by atoms with E-state index in [1.54, 1.807) is 12.1 Å². The maximum atomic E-state index is 10.8. The number of aliphatic carboxylic acids is 1. The maximum absolute atomic E-state index is 10.8. The topological polar surface area (TPSA) is 46.5 Å². The van der Waals surface area contributed by atoms with Crippen LogP contribution in [0.3, 0.4) is 0 Å². The van der Waals surface area contributed by atoms with Gasteiger partial charge in [-0.3, -0.25) is 0 Å². The molecule has 1 heterocycles. The third-order valence-corrected chi connectivity index (χ3v) is 2.12. The Morgan fingerprint density at radius 1 is 1.33 bits per heavy atom. The van der Waals surface area contributed by atoms with Crippen molar-refractivity contribution in [2.24, 2.45) is 0 Å². The van der Waals surface area contributed by atoms with Crippen molar-refractivity contribution in [1.82, 2.24) is 0 Å². The molecular formula is C12H10O3. The van der Waals surface area contributed by atoms with E-state index in [-0.39, 0.29) is 5.76 Å². The summed E-state index contributed by atoms with van der Waals surface area (Å²) in [5, 5.41) is 8.85.